The molecule has 0 unspecified atom stereocenters. The Balaban J connectivity index is 1.42. The predicted molar refractivity (Wildman–Crippen MR) is 125 cm³/mol. The van der Waals surface area contributed by atoms with Crippen LogP contribution in [0.1, 0.15) is 5.69 Å². The summed E-state index contributed by atoms with van der Waals surface area (Å²) in [6.07, 6.45) is 5.38. The van der Waals surface area contributed by atoms with Gasteiger partial charge in [-0.2, -0.15) is 0 Å². The van der Waals surface area contributed by atoms with Crippen LogP contribution < -0.4 is 14.8 Å². The molecule has 0 atom stereocenters. The minimum Gasteiger partial charge on any atom is -0.493 e. The predicted octanol–water partition coefficient (Wildman–Crippen LogP) is 5.90. The van der Waals surface area contributed by atoms with Crippen LogP contribution in [-0.4, -0.2) is 28.3 Å². The van der Waals surface area contributed by atoms with E-state index in [-0.39, 0.29) is 6.61 Å². The fourth-order valence-corrected chi connectivity index (χ4v) is 3.71. The van der Waals surface area contributed by atoms with Crippen LogP contribution >= 0.6 is 23.2 Å². The molecule has 2 aromatic carbocycles. The lowest BCUT2D eigenvalue weighted by atomic mass is 10.2. The first-order valence-electron chi connectivity index (χ1n) is 9.77. The van der Waals surface area contributed by atoms with E-state index in [1.165, 1.54) is 6.33 Å². The first kappa shape index (κ1) is 20.5. The quantitative estimate of drug-likeness (QED) is 0.379. The molecule has 3 heterocycles. The Labute approximate surface area is 194 Å². The molecule has 0 radical (unpaired) electrons. The number of rotatable bonds is 6. The Morgan fingerprint density at radius 3 is 2.84 bits per heavy atom. The first-order valence-corrected chi connectivity index (χ1v) is 10.5. The van der Waals surface area contributed by atoms with Gasteiger partial charge in [0.15, 0.2) is 17.3 Å². The largest absolute Gasteiger partial charge is 0.493 e. The molecule has 7 nitrogen and oxygen atoms in total. The van der Waals surface area contributed by atoms with Gasteiger partial charge in [0.1, 0.15) is 25.4 Å². The smallest absolute Gasteiger partial charge is 0.164 e. The molecular formula is C23H18Cl2N4O3. The number of hydrogen-bond acceptors (Lipinski definition) is 6. The molecule has 1 aliphatic rings. The highest BCUT2D eigenvalue weighted by molar-refractivity contribution is 6.42. The molecule has 1 N–H and O–H groups in total. The van der Waals surface area contributed by atoms with Crippen molar-refractivity contribution in [2.24, 2.45) is 0 Å². The fraction of sp³-hybridized carbons (Fsp3) is 0.130. The molecule has 0 saturated carbocycles. The standard InChI is InChI=1S/C23H18Cl2N4O3/c1-30-21-8-17-20(26-13-27-23(17)28-14-4-5-18(24)19(25)7-14)9-22(21)32-12-16-10-29-6-2-3-15(29)11-31-16/h2-10,13H,11-12H2,1H3,(H,26,27,28). The highest BCUT2D eigenvalue weighted by atomic mass is 35.5. The van der Waals surface area contributed by atoms with Crippen molar-refractivity contribution >= 4 is 51.8 Å². The zero-order valence-corrected chi connectivity index (χ0v) is 18.5. The number of nitrogens with zero attached hydrogens (tertiary/aromatic N) is 3. The lowest BCUT2D eigenvalue weighted by molar-refractivity contribution is 0.148. The Morgan fingerprint density at radius 1 is 1.09 bits per heavy atom. The monoisotopic (exact) mass is 468 g/mol. The van der Waals surface area contributed by atoms with Crippen LogP contribution in [0.25, 0.3) is 17.1 Å². The van der Waals surface area contributed by atoms with E-state index in [4.69, 9.17) is 37.4 Å². The molecule has 2 aromatic heterocycles. The number of methoxy groups -OCH3 is 1. The number of hydrogen-bond donors (Lipinski definition) is 1. The van der Waals surface area contributed by atoms with Crippen molar-refractivity contribution < 1.29 is 14.2 Å². The second-order valence-corrected chi connectivity index (χ2v) is 7.89. The zero-order chi connectivity index (χ0) is 22.1. The van der Waals surface area contributed by atoms with Crippen molar-refractivity contribution in [1.82, 2.24) is 14.5 Å². The Morgan fingerprint density at radius 2 is 2.00 bits per heavy atom. The minimum absolute atomic E-state index is 0.263. The molecule has 0 amide bonds. The summed E-state index contributed by atoms with van der Waals surface area (Å²) in [5.41, 5.74) is 2.55. The van der Waals surface area contributed by atoms with Gasteiger partial charge in [-0.1, -0.05) is 23.2 Å². The fourth-order valence-electron chi connectivity index (χ4n) is 3.41. The highest BCUT2D eigenvalue weighted by Crippen LogP contribution is 2.36. The number of anilines is 2. The van der Waals surface area contributed by atoms with Crippen LogP contribution in [-0.2, 0) is 11.3 Å². The van der Waals surface area contributed by atoms with Gasteiger partial charge in [-0.15, -0.1) is 0 Å². The second-order valence-electron chi connectivity index (χ2n) is 7.08. The Bertz CT molecular complexity index is 1340. The minimum atomic E-state index is 0.263. The van der Waals surface area contributed by atoms with Crippen molar-refractivity contribution in [1.29, 1.82) is 0 Å². The number of ether oxygens (including phenoxy) is 3. The van der Waals surface area contributed by atoms with E-state index in [2.05, 4.69) is 15.3 Å². The molecule has 162 valence electrons. The molecule has 5 rings (SSSR count). The van der Waals surface area contributed by atoms with E-state index >= 15 is 0 Å². The van der Waals surface area contributed by atoms with Crippen molar-refractivity contribution in [2.75, 3.05) is 19.0 Å². The molecule has 9 heteroatoms. The third-order valence-corrected chi connectivity index (χ3v) is 5.77. The van der Waals surface area contributed by atoms with Crippen LogP contribution in [0.4, 0.5) is 11.5 Å². The van der Waals surface area contributed by atoms with E-state index in [9.17, 15) is 0 Å². The van der Waals surface area contributed by atoms with Gasteiger partial charge in [0.25, 0.3) is 0 Å². The van der Waals surface area contributed by atoms with Crippen molar-refractivity contribution in [2.45, 2.75) is 6.61 Å². The van der Waals surface area contributed by atoms with Gasteiger partial charge in [-0.3, -0.25) is 0 Å². The average molecular weight is 469 g/mol. The summed E-state index contributed by atoms with van der Waals surface area (Å²) in [6.45, 7) is 0.771. The van der Waals surface area contributed by atoms with Crippen LogP contribution in [0.3, 0.4) is 0 Å². The van der Waals surface area contributed by atoms with Crippen molar-refractivity contribution in [3.05, 3.63) is 76.5 Å². The van der Waals surface area contributed by atoms with Gasteiger partial charge in [-0.05, 0) is 36.4 Å². The molecule has 1 aliphatic heterocycles. The number of fused-ring (bicyclic) bond motifs is 2. The van der Waals surface area contributed by atoms with Crippen molar-refractivity contribution in [3.8, 4) is 11.5 Å². The molecule has 0 aliphatic carbocycles. The normalized spacial score (nSPS) is 12.7. The van der Waals surface area contributed by atoms with Gasteiger partial charge < -0.3 is 24.1 Å². The first-order chi connectivity index (χ1) is 15.6. The van der Waals surface area contributed by atoms with Gasteiger partial charge in [0.05, 0.1) is 34.6 Å². The summed E-state index contributed by atoms with van der Waals surface area (Å²) in [7, 11) is 1.59. The molecule has 4 aromatic rings. The Hall–Kier alpha value is -3.42. The summed E-state index contributed by atoms with van der Waals surface area (Å²) < 4.78 is 19.4. The second kappa shape index (κ2) is 8.61. The molecule has 0 spiro atoms. The van der Waals surface area contributed by atoms with Gasteiger partial charge in [-0.25, -0.2) is 9.97 Å². The summed E-state index contributed by atoms with van der Waals surface area (Å²) in [4.78, 5) is 8.75. The topological polar surface area (TPSA) is 70.4 Å². The third-order valence-electron chi connectivity index (χ3n) is 5.03. The Kier molecular flexibility index (Phi) is 5.51. The van der Waals surface area contributed by atoms with E-state index in [0.717, 1.165) is 22.5 Å². The molecule has 0 fully saturated rings. The summed E-state index contributed by atoms with van der Waals surface area (Å²) >= 11 is 12.1. The molecule has 0 bridgehead atoms. The van der Waals surface area contributed by atoms with E-state index in [1.807, 2.05) is 47.3 Å². The number of benzene rings is 2. The summed E-state index contributed by atoms with van der Waals surface area (Å²) in [5.74, 6) is 2.45. The number of aromatic nitrogens is 3. The summed E-state index contributed by atoms with van der Waals surface area (Å²) in [6, 6.07) is 12.9. The maximum atomic E-state index is 6.13. The van der Waals surface area contributed by atoms with E-state index in [1.54, 1.807) is 19.2 Å². The van der Waals surface area contributed by atoms with Crippen molar-refractivity contribution in [3.63, 3.8) is 0 Å². The summed E-state index contributed by atoms with van der Waals surface area (Å²) in [5, 5.41) is 4.96. The zero-order valence-electron chi connectivity index (χ0n) is 17.0. The molecule has 32 heavy (non-hydrogen) atoms. The van der Waals surface area contributed by atoms with E-state index < -0.39 is 0 Å². The average Bonchev–Trinajstić information content (AvgIpc) is 3.27. The number of halogens is 2. The molecular weight excluding hydrogens is 451 g/mol. The number of nitrogens with one attached hydrogen (secondary N) is 1. The van der Waals surface area contributed by atoms with Gasteiger partial charge in [0.2, 0.25) is 0 Å². The maximum absolute atomic E-state index is 6.13. The SMILES string of the molecule is COc1cc2c(Nc3ccc(Cl)c(Cl)c3)ncnc2cc1OCC1=Cn2cccc2CO1. The van der Waals surface area contributed by atoms with Gasteiger partial charge >= 0.3 is 0 Å². The highest BCUT2D eigenvalue weighted by Gasteiger charge is 2.15. The molecule has 0 saturated heterocycles. The van der Waals surface area contributed by atoms with Crippen LogP contribution in [0.5, 0.6) is 11.5 Å². The third kappa shape index (κ3) is 4.04. The maximum Gasteiger partial charge on any atom is 0.164 e. The van der Waals surface area contributed by atoms with E-state index in [0.29, 0.717) is 39.5 Å². The lowest BCUT2D eigenvalue weighted by Gasteiger charge is -2.19. The van der Waals surface area contributed by atoms with Crippen LogP contribution in [0.2, 0.25) is 10.0 Å². The van der Waals surface area contributed by atoms with Crippen LogP contribution in [0.15, 0.2) is 60.7 Å². The van der Waals surface area contributed by atoms with Crippen LogP contribution in [0, 0.1) is 0 Å². The lowest BCUT2D eigenvalue weighted by Crippen LogP contribution is -2.12. The van der Waals surface area contributed by atoms with Gasteiger partial charge in [0, 0.05) is 23.3 Å².